The molecule has 168 valence electrons. The SMILES string of the molecule is O=C(CCc1ccc(S(=O)(=O)N2CCOCC2)cc1)OCc1nc(-c2cccnc2)no1. The molecular formula is C21H22N4O6S. The van der Waals surface area contributed by atoms with Crippen molar-refractivity contribution >= 4 is 16.0 Å². The van der Waals surface area contributed by atoms with Crippen molar-refractivity contribution in [3.63, 3.8) is 0 Å². The number of hydrogen-bond acceptors (Lipinski definition) is 9. The maximum Gasteiger partial charge on any atom is 0.306 e. The molecule has 11 heteroatoms. The molecule has 0 N–H and O–H groups in total. The van der Waals surface area contributed by atoms with E-state index in [0.29, 0.717) is 44.1 Å². The zero-order valence-corrected chi connectivity index (χ0v) is 18.0. The number of rotatable bonds is 8. The molecule has 3 aromatic rings. The molecule has 1 saturated heterocycles. The van der Waals surface area contributed by atoms with Gasteiger partial charge in [0.15, 0.2) is 6.61 Å². The van der Waals surface area contributed by atoms with Crippen LogP contribution < -0.4 is 0 Å². The van der Waals surface area contributed by atoms with Crippen molar-refractivity contribution in [2.24, 2.45) is 0 Å². The third kappa shape index (κ3) is 5.36. The standard InChI is InChI=1S/C21H22N4O6S/c26-20(30-15-19-23-21(24-31-19)17-2-1-9-22-14-17)8-5-16-3-6-18(7-4-16)32(27,28)25-10-12-29-13-11-25/h1-4,6-7,9,14H,5,8,10-13,15H2. The monoisotopic (exact) mass is 458 g/mol. The molecule has 0 amide bonds. The number of benzene rings is 1. The lowest BCUT2D eigenvalue weighted by atomic mass is 10.1. The summed E-state index contributed by atoms with van der Waals surface area (Å²) in [4.78, 5) is 20.5. The first kappa shape index (κ1) is 22.1. The topological polar surface area (TPSA) is 125 Å². The summed E-state index contributed by atoms with van der Waals surface area (Å²) in [6.45, 7) is 1.36. The predicted octanol–water partition coefficient (Wildman–Crippen LogP) is 1.83. The molecule has 2 aromatic heterocycles. The Hall–Kier alpha value is -3.15. The van der Waals surface area contributed by atoms with Crippen molar-refractivity contribution in [1.82, 2.24) is 19.4 Å². The Morgan fingerprint density at radius 2 is 1.91 bits per heavy atom. The van der Waals surface area contributed by atoms with Gasteiger partial charge in [-0.2, -0.15) is 9.29 Å². The van der Waals surface area contributed by atoms with Crippen LogP contribution in [0, 0.1) is 0 Å². The van der Waals surface area contributed by atoms with Crippen molar-refractivity contribution in [3.8, 4) is 11.4 Å². The highest BCUT2D eigenvalue weighted by atomic mass is 32.2. The summed E-state index contributed by atoms with van der Waals surface area (Å²) in [5.41, 5.74) is 1.53. The Labute approximate surface area is 185 Å². The normalized spacial score (nSPS) is 14.9. The maximum absolute atomic E-state index is 12.6. The lowest BCUT2D eigenvalue weighted by Gasteiger charge is -2.26. The van der Waals surface area contributed by atoms with E-state index < -0.39 is 16.0 Å². The second-order valence-corrected chi connectivity index (χ2v) is 9.01. The third-order valence-electron chi connectivity index (χ3n) is 4.89. The minimum absolute atomic E-state index is 0.122. The van der Waals surface area contributed by atoms with Gasteiger partial charge in [-0.1, -0.05) is 17.3 Å². The number of ether oxygens (including phenoxy) is 2. The molecule has 1 aliphatic heterocycles. The van der Waals surface area contributed by atoms with Gasteiger partial charge in [0.05, 0.1) is 18.1 Å². The maximum atomic E-state index is 12.6. The molecule has 4 rings (SSSR count). The molecule has 0 saturated carbocycles. The Balaban J connectivity index is 1.26. The fourth-order valence-corrected chi connectivity index (χ4v) is 4.56. The third-order valence-corrected chi connectivity index (χ3v) is 6.81. The molecule has 1 fully saturated rings. The smallest absolute Gasteiger partial charge is 0.306 e. The van der Waals surface area contributed by atoms with E-state index in [2.05, 4.69) is 15.1 Å². The number of pyridine rings is 1. The largest absolute Gasteiger partial charge is 0.456 e. The summed E-state index contributed by atoms with van der Waals surface area (Å²) in [6.07, 6.45) is 3.81. The van der Waals surface area contributed by atoms with Crippen LogP contribution in [-0.2, 0) is 37.3 Å². The molecule has 0 radical (unpaired) electrons. The number of carbonyl (C=O) groups excluding carboxylic acids is 1. The lowest BCUT2D eigenvalue weighted by molar-refractivity contribution is -0.145. The molecule has 0 atom stereocenters. The van der Waals surface area contributed by atoms with Crippen LogP contribution in [0.15, 0.2) is 58.2 Å². The molecule has 1 aromatic carbocycles. The average Bonchev–Trinajstić information content (AvgIpc) is 3.32. The first-order valence-electron chi connectivity index (χ1n) is 10.1. The zero-order valence-electron chi connectivity index (χ0n) is 17.2. The van der Waals surface area contributed by atoms with Crippen LogP contribution in [0.25, 0.3) is 11.4 Å². The minimum atomic E-state index is -3.53. The van der Waals surface area contributed by atoms with Crippen LogP contribution >= 0.6 is 0 Å². The highest BCUT2D eigenvalue weighted by Crippen LogP contribution is 2.18. The van der Waals surface area contributed by atoms with Gasteiger partial charge in [0.1, 0.15) is 0 Å². The van der Waals surface area contributed by atoms with Gasteiger partial charge in [0, 0.05) is 37.5 Å². The zero-order chi connectivity index (χ0) is 22.4. The number of aromatic nitrogens is 3. The van der Waals surface area contributed by atoms with E-state index >= 15 is 0 Å². The highest BCUT2D eigenvalue weighted by Gasteiger charge is 2.26. The van der Waals surface area contributed by atoms with E-state index in [9.17, 15) is 13.2 Å². The average molecular weight is 458 g/mol. The van der Waals surface area contributed by atoms with Crippen LogP contribution in [0.5, 0.6) is 0 Å². The number of hydrogen-bond donors (Lipinski definition) is 0. The number of carbonyl (C=O) groups is 1. The van der Waals surface area contributed by atoms with Gasteiger partial charge in [-0.05, 0) is 36.2 Å². The fourth-order valence-electron chi connectivity index (χ4n) is 3.15. The lowest BCUT2D eigenvalue weighted by Crippen LogP contribution is -2.40. The number of morpholine rings is 1. The molecule has 0 spiro atoms. The van der Waals surface area contributed by atoms with Gasteiger partial charge < -0.3 is 14.0 Å². The summed E-state index contributed by atoms with van der Waals surface area (Å²) in [6, 6.07) is 10.1. The Kier molecular flexibility index (Phi) is 6.88. The fraction of sp³-hybridized carbons (Fsp3) is 0.333. The molecule has 0 bridgehead atoms. The van der Waals surface area contributed by atoms with Crippen LogP contribution in [0.2, 0.25) is 0 Å². The Morgan fingerprint density at radius 3 is 2.62 bits per heavy atom. The van der Waals surface area contributed by atoms with Gasteiger partial charge in [0.25, 0.3) is 5.89 Å². The van der Waals surface area contributed by atoms with Gasteiger partial charge in [0.2, 0.25) is 15.8 Å². The van der Waals surface area contributed by atoms with E-state index in [4.69, 9.17) is 14.0 Å². The highest BCUT2D eigenvalue weighted by molar-refractivity contribution is 7.89. The second kappa shape index (κ2) is 9.98. The number of nitrogens with zero attached hydrogens (tertiary/aromatic N) is 4. The molecule has 0 aliphatic carbocycles. The molecular weight excluding hydrogens is 436 g/mol. The van der Waals surface area contributed by atoms with Crippen molar-refractivity contribution in [2.45, 2.75) is 24.3 Å². The van der Waals surface area contributed by atoms with Crippen molar-refractivity contribution < 1.29 is 27.2 Å². The quantitative estimate of drug-likeness (QED) is 0.465. The molecule has 32 heavy (non-hydrogen) atoms. The summed E-state index contributed by atoms with van der Waals surface area (Å²) in [5, 5.41) is 3.84. The predicted molar refractivity (Wildman–Crippen MR) is 112 cm³/mol. The molecule has 0 unspecified atom stereocenters. The molecule has 1 aliphatic rings. The molecule has 10 nitrogen and oxygen atoms in total. The summed E-state index contributed by atoms with van der Waals surface area (Å²) >= 11 is 0. The minimum Gasteiger partial charge on any atom is -0.456 e. The van der Waals surface area contributed by atoms with Gasteiger partial charge in [-0.3, -0.25) is 9.78 Å². The van der Waals surface area contributed by atoms with Gasteiger partial charge in [-0.25, -0.2) is 8.42 Å². The van der Waals surface area contributed by atoms with Crippen molar-refractivity contribution in [1.29, 1.82) is 0 Å². The first-order valence-corrected chi connectivity index (χ1v) is 11.5. The number of esters is 1. The first-order chi connectivity index (χ1) is 15.5. The van der Waals surface area contributed by atoms with E-state index in [-0.39, 0.29) is 23.8 Å². The number of aryl methyl sites for hydroxylation is 1. The van der Waals surface area contributed by atoms with Crippen LogP contribution in [0.4, 0.5) is 0 Å². The van der Waals surface area contributed by atoms with Crippen LogP contribution in [0.3, 0.4) is 0 Å². The van der Waals surface area contributed by atoms with E-state index in [0.717, 1.165) is 5.56 Å². The van der Waals surface area contributed by atoms with Gasteiger partial charge >= 0.3 is 5.97 Å². The summed E-state index contributed by atoms with van der Waals surface area (Å²) in [7, 11) is -3.53. The van der Waals surface area contributed by atoms with Crippen molar-refractivity contribution in [2.75, 3.05) is 26.3 Å². The van der Waals surface area contributed by atoms with E-state index in [1.54, 1.807) is 48.8 Å². The van der Waals surface area contributed by atoms with Crippen molar-refractivity contribution in [3.05, 3.63) is 60.2 Å². The summed E-state index contributed by atoms with van der Waals surface area (Å²) in [5.74, 6) is 0.141. The second-order valence-electron chi connectivity index (χ2n) is 7.07. The Bertz CT molecular complexity index is 1140. The number of sulfonamides is 1. The van der Waals surface area contributed by atoms with Gasteiger partial charge in [-0.15, -0.1) is 0 Å². The van der Waals surface area contributed by atoms with Crippen LogP contribution in [-0.4, -0.2) is 60.1 Å². The molecule has 3 heterocycles. The summed E-state index contributed by atoms with van der Waals surface area (Å²) < 4.78 is 42.2. The van der Waals surface area contributed by atoms with Crippen LogP contribution in [0.1, 0.15) is 17.9 Å². The van der Waals surface area contributed by atoms with E-state index in [1.807, 2.05) is 0 Å². The Morgan fingerprint density at radius 1 is 1.12 bits per heavy atom. The van der Waals surface area contributed by atoms with E-state index in [1.165, 1.54) is 4.31 Å².